The Balaban J connectivity index is 1.53. The molecule has 0 aliphatic heterocycles. The second kappa shape index (κ2) is 9.79. The number of hydrogen-bond donors (Lipinski definition) is 0. The molecule has 0 heterocycles. The van der Waals surface area contributed by atoms with Gasteiger partial charge < -0.3 is 9.47 Å². The topological polar surface area (TPSA) is 35.5 Å². The minimum Gasteiger partial charge on any atom is -0.489 e. The van der Waals surface area contributed by atoms with E-state index in [0.29, 0.717) is 36.6 Å². The molecule has 0 aliphatic carbocycles. The van der Waals surface area contributed by atoms with Crippen molar-refractivity contribution < 1.29 is 14.3 Å². The van der Waals surface area contributed by atoms with Crippen LogP contribution in [-0.2, 0) is 17.8 Å². The maximum atomic E-state index is 12.0. The van der Waals surface area contributed by atoms with Crippen molar-refractivity contribution in [3.63, 3.8) is 0 Å². The minimum absolute atomic E-state index is 0.303. The number of halogens is 1. The standard InChI is InChI=1S/C23H21ClO3/c24-21-13-14-22(27-17-18-8-3-1-4-9-18)20(16-21)12-7-15-26-23(25)19-10-5-2-6-11-19/h1-6,8-11,13-14,16H,7,12,15,17H2. The van der Waals surface area contributed by atoms with Crippen LogP contribution in [0.3, 0.4) is 0 Å². The smallest absolute Gasteiger partial charge is 0.338 e. The van der Waals surface area contributed by atoms with Crippen LogP contribution in [0.15, 0.2) is 78.9 Å². The van der Waals surface area contributed by atoms with E-state index >= 15 is 0 Å². The van der Waals surface area contributed by atoms with Gasteiger partial charge in [-0.05, 0) is 54.3 Å². The first-order chi connectivity index (χ1) is 13.2. The third-order valence-corrected chi connectivity index (χ3v) is 4.33. The normalized spacial score (nSPS) is 10.4. The lowest BCUT2D eigenvalue weighted by molar-refractivity contribution is 0.0500. The van der Waals surface area contributed by atoms with Gasteiger partial charge in [-0.2, -0.15) is 0 Å². The lowest BCUT2D eigenvalue weighted by Gasteiger charge is -2.12. The molecular weight excluding hydrogens is 360 g/mol. The van der Waals surface area contributed by atoms with E-state index in [4.69, 9.17) is 21.1 Å². The summed E-state index contributed by atoms with van der Waals surface area (Å²) in [6.07, 6.45) is 1.41. The molecule has 0 bridgehead atoms. The zero-order valence-electron chi connectivity index (χ0n) is 14.9. The molecular formula is C23H21ClO3. The van der Waals surface area contributed by atoms with Gasteiger partial charge >= 0.3 is 5.97 Å². The van der Waals surface area contributed by atoms with Crippen LogP contribution < -0.4 is 4.74 Å². The number of aryl methyl sites for hydroxylation is 1. The van der Waals surface area contributed by atoms with Gasteiger partial charge in [0.25, 0.3) is 0 Å². The van der Waals surface area contributed by atoms with Crippen LogP contribution in [-0.4, -0.2) is 12.6 Å². The summed E-state index contributed by atoms with van der Waals surface area (Å²) in [4.78, 5) is 12.0. The largest absolute Gasteiger partial charge is 0.489 e. The number of carbonyl (C=O) groups excluding carboxylic acids is 1. The summed E-state index contributed by atoms with van der Waals surface area (Å²) in [7, 11) is 0. The summed E-state index contributed by atoms with van der Waals surface area (Å²) in [5.74, 6) is 0.500. The minimum atomic E-state index is -0.303. The highest BCUT2D eigenvalue weighted by atomic mass is 35.5. The van der Waals surface area contributed by atoms with E-state index in [2.05, 4.69) is 0 Å². The van der Waals surface area contributed by atoms with Gasteiger partial charge in [-0.3, -0.25) is 0 Å². The van der Waals surface area contributed by atoms with E-state index in [1.807, 2.05) is 66.7 Å². The summed E-state index contributed by atoms with van der Waals surface area (Å²) in [5, 5.41) is 0.665. The number of carbonyl (C=O) groups is 1. The Hall–Kier alpha value is -2.78. The van der Waals surface area contributed by atoms with Gasteiger partial charge in [0.1, 0.15) is 12.4 Å². The summed E-state index contributed by atoms with van der Waals surface area (Å²) < 4.78 is 11.3. The lowest BCUT2D eigenvalue weighted by atomic mass is 10.1. The molecule has 0 saturated heterocycles. The predicted octanol–water partition coefficient (Wildman–Crippen LogP) is 5.71. The Morgan fingerprint density at radius 1 is 0.889 bits per heavy atom. The van der Waals surface area contributed by atoms with Crippen LogP contribution in [0.1, 0.15) is 27.9 Å². The molecule has 0 N–H and O–H groups in total. The molecule has 138 valence electrons. The monoisotopic (exact) mass is 380 g/mol. The molecule has 0 saturated carbocycles. The van der Waals surface area contributed by atoms with Crippen molar-refractivity contribution in [2.45, 2.75) is 19.4 Å². The second-order valence-corrected chi connectivity index (χ2v) is 6.57. The van der Waals surface area contributed by atoms with Crippen LogP contribution in [0, 0.1) is 0 Å². The Morgan fingerprint density at radius 2 is 1.59 bits per heavy atom. The van der Waals surface area contributed by atoms with Crippen molar-refractivity contribution in [2.24, 2.45) is 0 Å². The summed E-state index contributed by atoms with van der Waals surface area (Å²) >= 11 is 6.14. The van der Waals surface area contributed by atoms with Gasteiger partial charge in [-0.1, -0.05) is 60.1 Å². The molecule has 0 amide bonds. The van der Waals surface area contributed by atoms with Crippen molar-refractivity contribution in [1.29, 1.82) is 0 Å². The van der Waals surface area contributed by atoms with Crippen LogP contribution >= 0.6 is 11.6 Å². The summed E-state index contributed by atoms with van der Waals surface area (Å²) in [6.45, 7) is 0.844. The van der Waals surface area contributed by atoms with Gasteiger partial charge in [0, 0.05) is 5.02 Å². The highest BCUT2D eigenvalue weighted by Crippen LogP contribution is 2.25. The van der Waals surface area contributed by atoms with E-state index in [0.717, 1.165) is 16.9 Å². The molecule has 0 aliphatic rings. The van der Waals surface area contributed by atoms with E-state index in [9.17, 15) is 4.79 Å². The molecule has 3 aromatic carbocycles. The third kappa shape index (κ3) is 5.87. The zero-order chi connectivity index (χ0) is 18.9. The molecule has 27 heavy (non-hydrogen) atoms. The van der Waals surface area contributed by atoms with Crippen LogP contribution in [0.2, 0.25) is 5.02 Å². The number of hydrogen-bond acceptors (Lipinski definition) is 3. The van der Waals surface area contributed by atoms with Gasteiger partial charge in [0.2, 0.25) is 0 Å². The molecule has 0 spiro atoms. The SMILES string of the molecule is O=C(OCCCc1cc(Cl)ccc1OCc1ccccc1)c1ccccc1. The first-order valence-corrected chi connectivity index (χ1v) is 9.27. The van der Waals surface area contributed by atoms with Crippen molar-refractivity contribution in [3.05, 3.63) is 101 Å². The molecule has 0 unspecified atom stereocenters. The van der Waals surface area contributed by atoms with Gasteiger partial charge in [0.05, 0.1) is 12.2 Å². The number of esters is 1. The van der Waals surface area contributed by atoms with Crippen molar-refractivity contribution in [1.82, 2.24) is 0 Å². The molecule has 0 atom stereocenters. The Kier molecular flexibility index (Phi) is 6.89. The molecule has 3 aromatic rings. The maximum Gasteiger partial charge on any atom is 0.338 e. The molecule has 0 radical (unpaired) electrons. The molecule has 3 rings (SSSR count). The fourth-order valence-corrected chi connectivity index (χ4v) is 2.90. The maximum absolute atomic E-state index is 12.0. The Labute approximate surface area is 164 Å². The number of ether oxygens (including phenoxy) is 2. The molecule has 0 fully saturated rings. The fraction of sp³-hybridized carbons (Fsp3) is 0.174. The highest BCUT2D eigenvalue weighted by molar-refractivity contribution is 6.30. The van der Waals surface area contributed by atoms with Crippen molar-refractivity contribution >= 4 is 17.6 Å². The average molecular weight is 381 g/mol. The van der Waals surface area contributed by atoms with E-state index in [1.54, 1.807) is 12.1 Å². The Bertz CT molecular complexity index is 863. The first kappa shape index (κ1) is 19.0. The quantitative estimate of drug-likeness (QED) is 0.371. The van der Waals surface area contributed by atoms with Gasteiger partial charge in [-0.15, -0.1) is 0 Å². The van der Waals surface area contributed by atoms with E-state index < -0.39 is 0 Å². The zero-order valence-corrected chi connectivity index (χ0v) is 15.7. The van der Waals surface area contributed by atoms with Crippen LogP contribution in [0.4, 0.5) is 0 Å². The first-order valence-electron chi connectivity index (χ1n) is 8.90. The molecule has 0 aromatic heterocycles. The number of rotatable bonds is 8. The van der Waals surface area contributed by atoms with E-state index in [1.165, 1.54) is 0 Å². The highest BCUT2D eigenvalue weighted by Gasteiger charge is 2.08. The Morgan fingerprint density at radius 3 is 2.33 bits per heavy atom. The summed E-state index contributed by atoms with van der Waals surface area (Å²) in [5.41, 5.74) is 2.68. The molecule has 4 heteroatoms. The van der Waals surface area contributed by atoms with Gasteiger partial charge in [0.15, 0.2) is 0 Å². The number of benzene rings is 3. The predicted molar refractivity (Wildman–Crippen MR) is 107 cm³/mol. The van der Waals surface area contributed by atoms with Crippen LogP contribution in [0.5, 0.6) is 5.75 Å². The summed E-state index contributed by atoms with van der Waals surface area (Å²) in [6, 6.07) is 24.6. The fourth-order valence-electron chi connectivity index (χ4n) is 2.70. The lowest BCUT2D eigenvalue weighted by Crippen LogP contribution is -2.07. The van der Waals surface area contributed by atoms with Gasteiger partial charge in [-0.25, -0.2) is 4.79 Å². The second-order valence-electron chi connectivity index (χ2n) is 6.13. The van der Waals surface area contributed by atoms with Crippen LogP contribution in [0.25, 0.3) is 0 Å². The average Bonchev–Trinajstić information content (AvgIpc) is 2.72. The molecule has 3 nitrogen and oxygen atoms in total. The van der Waals surface area contributed by atoms with Crippen molar-refractivity contribution in [2.75, 3.05) is 6.61 Å². The van der Waals surface area contributed by atoms with E-state index in [-0.39, 0.29) is 5.97 Å². The van der Waals surface area contributed by atoms with Crippen molar-refractivity contribution in [3.8, 4) is 5.75 Å². The third-order valence-electron chi connectivity index (χ3n) is 4.09.